The summed E-state index contributed by atoms with van der Waals surface area (Å²) in [6.45, 7) is 3.57. The Morgan fingerprint density at radius 2 is 2.08 bits per heavy atom. The van der Waals surface area contributed by atoms with Crippen molar-refractivity contribution < 1.29 is 9.47 Å². The first-order valence-electron chi connectivity index (χ1n) is 4.72. The second-order valence-corrected chi connectivity index (χ2v) is 3.17. The van der Waals surface area contributed by atoms with Crippen molar-refractivity contribution >= 4 is 0 Å². The molecule has 0 atom stereocenters. The van der Waals surface area contributed by atoms with Crippen LogP contribution in [0.3, 0.4) is 0 Å². The highest BCUT2D eigenvalue weighted by Crippen LogP contribution is 2.23. The van der Waals surface area contributed by atoms with Gasteiger partial charge in [-0.2, -0.15) is 0 Å². The summed E-state index contributed by atoms with van der Waals surface area (Å²) in [7, 11) is 0. The fourth-order valence-corrected chi connectivity index (χ4v) is 1.51. The highest BCUT2D eigenvalue weighted by molar-refractivity contribution is 5.24. The number of hydrogen-bond acceptors (Lipinski definition) is 2. The smallest absolute Gasteiger partial charge is 0.184 e. The molecule has 70 valence electrons. The molecule has 0 amide bonds. The molecule has 0 aromatic heterocycles. The van der Waals surface area contributed by atoms with Crippen LogP contribution in [0, 0.1) is 0 Å². The lowest BCUT2D eigenvalue weighted by Crippen LogP contribution is -1.98. The Labute approximate surface area is 78.5 Å². The average Bonchev–Trinajstić information content (AvgIpc) is 2.71. The molecule has 0 aliphatic carbocycles. The number of aryl methyl sites for hydroxylation is 1. The van der Waals surface area contributed by atoms with Crippen molar-refractivity contribution in [3.63, 3.8) is 0 Å². The largest absolute Gasteiger partial charge is 0.346 e. The molecule has 0 N–H and O–H groups in total. The lowest BCUT2D eigenvalue weighted by molar-refractivity contribution is -0.0441. The molecule has 1 aliphatic heterocycles. The van der Waals surface area contributed by atoms with Gasteiger partial charge in [0.05, 0.1) is 13.2 Å². The van der Waals surface area contributed by atoms with Crippen LogP contribution < -0.4 is 0 Å². The molecule has 2 nitrogen and oxygen atoms in total. The Hall–Kier alpha value is -0.860. The van der Waals surface area contributed by atoms with Crippen molar-refractivity contribution in [1.29, 1.82) is 0 Å². The van der Waals surface area contributed by atoms with Crippen LogP contribution in [0.1, 0.15) is 24.3 Å². The molecule has 1 aromatic rings. The minimum Gasteiger partial charge on any atom is -0.346 e. The molecule has 0 unspecified atom stereocenters. The van der Waals surface area contributed by atoms with Crippen LogP contribution >= 0.6 is 0 Å². The lowest BCUT2D eigenvalue weighted by Gasteiger charge is -2.09. The standard InChI is InChI=1S/C11H14O2/c1-2-9-4-3-5-10(8-9)11-12-6-7-13-11/h3-5,8,11H,2,6-7H2,1H3. The Bertz CT molecular complexity index is 277. The Morgan fingerprint density at radius 1 is 1.31 bits per heavy atom. The van der Waals surface area contributed by atoms with Crippen molar-refractivity contribution in [2.75, 3.05) is 13.2 Å². The van der Waals surface area contributed by atoms with Crippen molar-refractivity contribution in [3.05, 3.63) is 35.4 Å². The SMILES string of the molecule is CCc1cccc(C2OCCO2)c1. The summed E-state index contributed by atoms with van der Waals surface area (Å²) in [6, 6.07) is 8.38. The average molecular weight is 178 g/mol. The van der Waals surface area contributed by atoms with Crippen LogP contribution in [0.15, 0.2) is 24.3 Å². The van der Waals surface area contributed by atoms with Gasteiger partial charge in [0.2, 0.25) is 0 Å². The normalized spacial score (nSPS) is 17.9. The second-order valence-electron chi connectivity index (χ2n) is 3.17. The molecule has 1 aliphatic rings. The molecule has 0 radical (unpaired) electrons. The number of hydrogen-bond donors (Lipinski definition) is 0. The van der Waals surface area contributed by atoms with E-state index < -0.39 is 0 Å². The van der Waals surface area contributed by atoms with E-state index in [4.69, 9.17) is 9.47 Å². The Morgan fingerprint density at radius 3 is 2.77 bits per heavy atom. The molecule has 13 heavy (non-hydrogen) atoms. The number of ether oxygens (including phenoxy) is 2. The third-order valence-corrected chi connectivity index (χ3v) is 2.25. The van der Waals surface area contributed by atoms with Gasteiger partial charge in [0.1, 0.15) is 0 Å². The van der Waals surface area contributed by atoms with Crippen LogP contribution in [-0.4, -0.2) is 13.2 Å². The first-order chi connectivity index (χ1) is 6.40. The van der Waals surface area contributed by atoms with Gasteiger partial charge in [-0.1, -0.05) is 31.2 Å². The van der Waals surface area contributed by atoms with Gasteiger partial charge in [-0.25, -0.2) is 0 Å². The molecular formula is C11H14O2. The van der Waals surface area contributed by atoms with E-state index in [1.165, 1.54) is 5.56 Å². The van der Waals surface area contributed by atoms with E-state index in [1.807, 2.05) is 0 Å². The minimum absolute atomic E-state index is 0.133. The Kier molecular flexibility index (Phi) is 2.62. The summed E-state index contributed by atoms with van der Waals surface area (Å²) in [4.78, 5) is 0. The van der Waals surface area contributed by atoms with E-state index in [0.717, 1.165) is 12.0 Å². The van der Waals surface area contributed by atoms with E-state index >= 15 is 0 Å². The molecule has 1 saturated heterocycles. The summed E-state index contributed by atoms with van der Waals surface area (Å²) in [5.74, 6) is 0. The third kappa shape index (κ3) is 1.90. The maximum Gasteiger partial charge on any atom is 0.184 e. The van der Waals surface area contributed by atoms with Crippen molar-refractivity contribution in [1.82, 2.24) is 0 Å². The zero-order valence-electron chi connectivity index (χ0n) is 7.82. The summed E-state index contributed by atoms with van der Waals surface area (Å²) in [6.07, 6.45) is 0.923. The van der Waals surface area contributed by atoms with E-state index in [0.29, 0.717) is 13.2 Å². The zero-order chi connectivity index (χ0) is 9.10. The van der Waals surface area contributed by atoms with E-state index in [2.05, 4.69) is 31.2 Å². The van der Waals surface area contributed by atoms with Crippen molar-refractivity contribution in [2.45, 2.75) is 19.6 Å². The highest BCUT2D eigenvalue weighted by atomic mass is 16.7. The molecule has 0 spiro atoms. The predicted molar refractivity (Wildman–Crippen MR) is 50.5 cm³/mol. The van der Waals surface area contributed by atoms with Crippen molar-refractivity contribution in [3.8, 4) is 0 Å². The summed E-state index contributed by atoms with van der Waals surface area (Å²) in [5.41, 5.74) is 2.47. The van der Waals surface area contributed by atoms with Gasteiger partial charge in [-0.05, 0) is 12.0 Å². The molecule has 2 heteroatoms. The molecule has 0 bridgehead atoms. The van der Waals surface area contributed by atoms with Gasteiger partial charge in [-0.15, -0.1) is 0 Å². The van der Waals surface area contributed by atoms with Gasteiger partial charge >= 0.3 is 0 Å². The fraction of sp³-hybridized carbons (Fsp3) is 0.455. The molecule has 1 fully saturated rings. The summed E-state index contributed by atoms with van der Waals surface area (Å²) >= 11 is 0. The molecule has 2 rings (SSSR count). The topological polar surface area (TPSA) is 18.5 Å². The van der Waals surface area contributed by atoms with Crippen LogP contribution in [0.2, 0.25) is 0 Å². The maximum absolute atomic E-state index is 5.42. The third-order valence-electron chi connectivity index (χ3n) is 2.25. The fourth-order valence-electron chi connectivity index (χ4n) is 1.51. The minimum atomic E-state index is -0.133. The van der Waals surface area contributed by atoms with Gasteiger partial charge in [0.25, 0.3) is 0 Å². The van der Waals surface area contributed by atoms with E-state index in [-0.39, 0.29) is 6.29 Å². The monoisotopic (exact) mass is 178 g/mol. The Balaban J connectivity index is 2.18. The van der Waals surface area contributed by atoms with Crippen molar-refractivity contribution in [2.24, 2.45) is 0 Å². The first kappa shape index (κ1) is 8.73. The van der Waals surface area contributed by atoms with Gasteiger partial charge < -0.3 is 9.47 Å². The van der Waals surface area contributed by atoms with Gasteiger partial charge in [-0.3, -0.25) is 0 Å². The van der Waals surface area contributed by atoms with Crippen LogP contribution in [-0.2, 0) is 15.9 Å². The van der Waals surface area contributed by atoms with Crippen LogP contribution in [0.5, 0.6) is 0 Å². The number of benzene rings is 1. The first-order valence-corrected chi connectivity index (χ1v) is 4.72. The summed E-state index contributed by atoms with van der Waals surface area (Å²) in [5, 5.41) is 0. The predicted octanol–water partition coefficient (Wildman–Crippen LogP) is 2.29. The van der Waals surface area contributed by atoms with Gasteiger partial charge in [0, 0.05) is 5.56 Å². The molecule has 1 heterocycles. The maximum atomic E-state index is 5.42. The molecule has 0 saturated carbocycles. The molecular weight excluding hydrogens is 164 g/mol. The van der Waals surface area contributed by atoms with E-state index in [1.54, 1.807) is 0 Å². The van der Waals surface area contributed by atoms with Crippen LogP contribution in [0.4, 0.5) is 0 Å². The number of rotatable bonds is 2. The quantitative estimate of drug-likeness (QED) is 0.691. The summed E-state index contributed by atoms with van der Waals surface area (Å²) < 4.78 is 10.8. The zero-order valence-corrected chi connectivity index (χ0v) is 7.82. The molecule has 1 aromatic carbocycles. The van der Waals surface area contributed by atoms with E-state index in [9.17, 15) is 0 Å². The lowest BCUT2D eigenvalue weighted by atomic mass is 10.1. The van der Waals surface area contributed by atoms with Crippen LogP contribution in [0.25, 0.3) is 0 Å². The second kappa shape index (κ2) is 3.90. The van der Waals surface area contributed by atoms with Gasteiger partial charge in [0.15, 0.2) is 6.29 Å². The highest BCUT2D eigenvalue weighted by Gasteiger charge is 2.17.